The van der Waals surface area contributed by atoms with Gasteiger partial charge in [0.2, 0.25) is 11.8 Å². The molecule has 0 radical (unpaired) electrons. The van der Waals surface area contributed by atoms with Gasteiger partial charge >= 0.3 is 0 Å². The Kier molecular flexibility index (Phi) is 6.59. The quantitative estimate of drug-likeness (QED) is 0.655. The zero-order valence-corrected chi connectivity index (χ0v) is 17.0. The molecule has 1 aromatic carbocycles. The second-order valence-electron chi connectivity index (χ2n) is 7.66. The van der Waals surface area contributed by atoms with Crippen LogP contribution in [0.1, 0.15) is 31.2 Å². The number of amides is 2. The largest absolute Gasteiger partial charge is 0.494 e. The summed E-state index contributed by atoms with van der Waals surface area (Å²) in [5, 5.41) is 2.89. The second-order valence-corrected chi connectivity index (χ2v) is 9.89. The molecule has 0 unspecified atom stereocenters. The molecule has 2 saturated heterocycles. The van der Waals surface area contributed by atoms with Crippen LogP contribution in [0, 0.1) is 12.8 Å². The van der Waals surface area contributed by atoms with E-state index in [4.69, 9.17) is 4.74 Å². The molecule has 1 aromatic rings. The molecule has 2 heterocycles. The number of aryl methyl sites for hydroxylation is 1. The Morgan fingerprint density at radius 3 is 2.68 bits per heavy atom. The number of ether oxygens (including phenoxy) is 1. The number of hydrogen-bond donors (Lipinski definition) is 1. The van der Waals surface area contributed by atoms with Crippen LogP contribution in [0.15, 0.2) is 24.3 Å². The predicted molar refractivity (Wildman–Crippen MR) is 106 cm³/mol. The summed E-state index contributed by atoms with van der Waals surface area (Å²) in [6.45, 7) is 3.48. The van der Waals surface area contributed by atoms with Crippen molar-refractivity contribution in [3.05, 3.63) is 29.8 Å². The molecular formula is C20H28N2O5S. The summed E-state index contributed by atoms with van der Waals surface area (Å²) in [5.41, 5.74) is 1.19. The maximum absolute atomic E-state index is 12.3. The van der Waals surface area contributed by atoms with Crippen LogP contribution in [0.2, 0.25) is 0 Å². The Balaban J connectivity index is 1.33. The standard InChI is InChI=1S/C20H28N2O5S/c1-15-4-6-18(7-5-15)27-10-3-2-9-21-20(24)16-12-19(23)22(13-16)17-8-11-28(25,26)14-17/h4-7,16-17H,2-3,8-14H2,1H3,(H,21,24)/t16-,17+/m1/s1. The number of rotatable bonds is 8. The lowest BCUT2D eigenvalue weighted by atomic mass is 10.1. The smallest absolute Gasteiger partial charge is 0.225 e. The molecular weight excluding hydrogens is 380 g/mol. The second kappa shape index (κ2) is 8.94. The Hall–Kier alpha value is -2.09. The average Bonchev–Trinajstić information content (AvgIpc) is 3.21. The average molecular weight is 409 g/mol. The third-order valence-electron chi connectivity index (χ3n) is 5.34. The summed E-state index contributed by atoms with van der Waals surface area (Å²) in [4.78, 5) is 26.1. The summed E-state index contributed by atoms with van der Waals surface area (Å²) in [6.07, 6.45) is 2.26. The molecule has 2 amide bonds. The molecule has 0 aliphatic carbocycles. The van der Waals surface area contributed by atoms with E-state index in [1.54, 1.807) is 4.90 Å². The summed E-state index contributed by atoms with van der Waals surface area (Å²) in [7, 11) is -3.05. The molecule has 7 nitrogen and oxygen atoms in total. The monoisotopic (exact) mass is 408 g/mol. The fraction of sp³-hybridized carbons (Fsp3) is 0.600. The summed E-state index contributed by atoms with van der Waals surface area (Å²) in [5.74, 6) is 0.356. The number of nitrogens with zero attached hydrogens (tertiary/aromatic N) is 1. The Bertz CT molecular complexity index is 806. The van der Waals surface area contributed by atoms with Crippen LogP contribution < -0.4 is 10.1 Å². The number of likely N-dealkylation sites (tertiary alicyclic amines) is 1. The topological polar surface area (TPSA) is 92.8 Å². The van der Waals surface area contributed by atoms with E-state index in [0.717, 1.165) is 18.6 Å². The number of benzene rings is 1. The van der Waals surface area contributed by atoms with E-state index in [1.165, 1.54) is 5.56 Å². The third-order valence-corrected chi connectivity index (χ3v) is 7.09. The minimum Gasteiger partial charge on any atom is -0.494 e. The van der Waals surface area contributed by atoms with Gasteiger partial charge in [-0.15, -0.1) is 0 Å². The highest BCUT2D eigenvalue weighted by Gasteiger charge is 2.41. The minimum atomic E-state index is -3.05. The van der Waals surface area contributed by atoms with Crippen molar-refractivity contribution in [3.8, 4) is 5.75 Å². The van der Waals surface area contributed by atoms with Gasteiger partial charge < -0.3 is 15.0 Å². The first-order valence-electron chi connectivity index (χ1n) is 9.81. The van der Waals surface area contributed by atoms with E-state index in [9.17, 15) is 18.0 Å². The van der Waals surface area contributed by atoms with Crippen LogP contribution in [0.3, 0.4) is 0 Å². The van der Waals surface area contributed by atoms with Gasteiger partial charge in [0.15, 0.2) is 9.84 Å². The molecule has 0 spiro atoms. The van der Waals surface area contributed by atoms with Gasteiger partial charge in [-0.2, -0.15) is 0 Å². The van der Waals surface area contributed by atoms with Gasteiger partial charge in [0.05, 0.1) is 24.0 Å². The Morgan fingerprint density at radius 1 is 1.25 bits per heavy atom. The van der Waals surface area contributed by atoms with Crippen LogP contribution in [0.5, 0.6) is 5.75 Å². The fourth-order valence-electron chi connectivity index (χ4n) is 3.69. The van der Waals surface area contributed by atoms with Crippen molar-refractivity contribution in [2.75, 3.05) is 31.2 Å². The Morgan fingerprint density at radius 2 is 2.00 bits per heavy atom. The summed E-state index contributed by atoms with van der Waals surface area (Å²) < 4.78 is 28.9. The highest BCUT2D eigenvalue weighted by molar-refractivity contribution is 7.91. The molecule has 2 aliphatic rings. The van der Waals surface area contributed by atoms with Crippen LogP contribution in [0.25, 0.3) is 0 Å². The molecule has 0 aromatic heterocycles. The lowest BCUT2D eigenvalue weighted by Gasteiger charge is -2.22. The molecule has 0 saturated carbocycles. The van der Waals surface area contributed by atoms with E-state index in [0.29, 0.717) is 26.1 Å². The van der Waals surface area contributed by atoms with E-state index >= 15 is 0 Å². The highest BCUT2D eigenvalue weighted by Crippen LogP contribution is 2.26. The van der Waals surface area contributed by atoms with Crippen molar-refractivity contribution in [2.24, 2.45) is 5.92 Å². The van der Waals surface area contributed by atoms with Gasteiger partial charge in [0.25, 0.3) is 0 Å². The molecule has 2 fully saturated rings. The third kappa shape index (κ3) is 5.47. The first-order valence-corrected chi connectivity index (χ1v) is 11.6. The fourth-order valence-corrected chi connectivity index (χ4v) is 5.42. The molecule has 1 N–H and O–H groups in total. The van der Waals surface area contributed by atoms with Gasteiger partial charge in [-0.25, -0.2) is 8.42 Å². The van der Waals surface area contributed by atoms with Gasteiger partial charge in [0.1, 0.15) is 5.75 Å². The van der Waals surface area contributed by atoms with Gasteiger partial charge in [-0.3, -0.25) is 9.59 Å². The molecule has 8 heteroatoms. The lowest BCUT2D eigenvalue weighted by molar-refractivity contribution is -0.130. The maximum atomic E-state index is 12.3. The maximum Gasteiger partial charge on any atom is 0.225 e. The number of carbonyl (C=O) groups is 2. The van der Waals surface area contributed by atoms with Gasteiger partial charge in [0, 0.05) is 25.6 Å². The predicted octanol–water partition coefficient (Wildman–Crippen LogP) is 1.31. The molecule has 2 atom stereocenters. The number of hydrogen-bond acceptors (Lipinski definition) is 5. The molecule has 154 valence electrons. The van der Waals surface area contributed by atoms with Crippen molar-refractivity contribution in [3.63, 3.8) is 0 Å². The van der Waals surface area contributed by atoms with Gasteiger partial charge in [-0.1, -0.05) is 17.7 Å². The van der Waals surface area contributed by atoms with Gasteiger partial charge in [-0.05, 0) is 38.3 Å². The van der Waals surface area contributed by atoms with Crippen molar-refractivity contribution in [1.82, 2.24) is 10.2 Å². The summed E-state index contributed by atoms with van der Waals surface area (Å²) in [6, 6.07) is 7.62. The molecule has 3 rings (SSSR count). The molecule has 2 aliphatic heterocycles. The SMILES string of the molecule is Cc1ccc(OCCCCNC(=O)[C@@H]2CC(=O)N([C@H]3CCS(=O)(=O)C3)C2)cc1. The van der Waals surface area contributed by atoms with E-state index in [-0.39, 0.29) is 41.7 Å². The Labute approximate surface area is 166 Å². The van der Waals surface area contributed by atoms with E-state index in [1.807, 2.05) is 31.2 Å². The summed E-state index contributed by atoms with van der Waals surface area (Å²) >= 11 is 0. The van der Waals surface area contributed by atoms with Crippen LogP contribution in [-0.2, 0) is 19.4 Å². The normalized spacial score (nSPS) is 23.8. The number of carbonyl (C=O) groups excluding carboxylic acids is 2. The van der Waals surface area contributed by atoms with Crippen LogP contribution >= 0.6 is 0 Å². The lowest BCUT2D eigenvalue weighted by Crippen LogP contribution is -2.39. The molecule has 0 bridgehead atoms. The minimum absolute atomic E-state index is 0.0219. The van der Waals surface area contributed by atoms with Crippen LogP contribution in [0.4, 0.5) is 0 Å². The van der Waals surface area contributed by atoms with Crippen molar-refractivity contribution < 1.29 is 22.7 Å². The van der Waals surface area contributed by atoms with E-state index < -0.39 is 9.84 Å². The van der Waals surface area contributed by atoms with Crippen LogP contribution in [-0.4, -0.2) is 62.4 Å². The molecule has 28 heavy (non-hydrogen) atoms. The van der Waals surface area contributed by atoms with Crippen molar-refractivity contribution in [1.29, 1.82) is 0 Å². The zero-order chi connectivity index (χ0) is 20.1. The van der Waals surface area contributed by atoms with E-state index in [2.05, 4.69) is 5.32 Å². The highest BCUT2D eigenvalue weighted by atomic mass is 32.2. The first kappa shape index (κ1) is 20.6. The first-order chi connectivity index (χ1) is 13.3. The van der Waals surface area contributed by atoms with Crippen molar-refractivity contribution >= 4 is 21.7 Å². The zero-order valence-electron chi connectivity index (χ0n) is 16.2. The van der Waals surface area contributed by atoms with Crippen molar-refractivity contribution in [2.45, 2.75) is 38.6 Å². The number of unbranched alkanes of at least 4 members (excludes halogenated alkanes) is 1. The number of nitrogens with one attached hydrogen (secondary N) is 1. The number of sulfone groups is 1.